The van der Waals surface area contributed by atoms with Crippen LogP contribution in [0.5, 0.6) is 0 Å². The Morgan fingerprint density at radius 3 is 2.81 bits per heavy atom. The van der Waals surface area contributed by atoms with E-state index in [0.29, 0.717) is 19.6 Å². The fourth-order valence-corrected chi connectivity index (χ4v) is 2.04. The van der Waals surface area contributed by atoms with Gasteiger partial charge in [0.2, 0.25) is 5.91 Å². The molecule has 94 valence electrons. The van der Waals surface area contributed by atoms with E-state index in [1.807, 2.05) is 13.8 Å². The first-order chi connectivity index (χ1) is 7.46. The smallest absolute Gasteiger partial charge is 0.249 e. The van der Waals surface area contributed by atoms with Crippen LogP contribution < -0.4 is 5.32 Å². The summed E-state index contributed by atoms with van der Waals surface area (Å²) in [6, 6.07) is 0. The molecule has 0 aliphatic carbocycles. The molecule has 0 saturated carbocycles. The summed E-state index contributed by atoms with van der Waals surface area (Å²) in [5, 5.41) is 12.7. The molecule has 0 aromatic carbocycles. The molecule has 3 unspecified atom stereocenters. The SMILES string of the molecule is CCCC(C)(O)CNC(=O)C1OCCC1C. The van der Waals surface area contributed by atoms with Gasteiger partial charge in [0, 0.05) is 13.2 Å². The molecule has 0 aromatic rings. The van der Waals surface area contributed by atoms with Crippen molar-refractivity contribution in [2.75, 3.05) is 13.2 Å². The van der Waals surface area contributed by atoms with Crippen molar-refractivity contribution in [3.8, 4) is 0 Å². The van der Waals surface area contributed by atoms with Crippen LogP contribution in [0.1, 0.15) is 40.0 Å². The predicted octanol–water partition coefficient (Wildman–Crippen LogP) is 1.08. The lowest BCUT2D eigenvalue weighted by atomic mass is 10.00. The second-order valence-electron chi connectivity index (χ2n) is 5.02. The Kier molecular flexibility index (Phi) is 4.74. The summed E-state index contributed by atoms with van der Waals surface area (Å²) in [5.41, 5.74) is -0.813. The molecule has 1 heterocycles. The van der Waals surface area contributed by atoms with E-state index in [0.717, 1.165) is 12.8 Å². The van der Waals surface area contributed by atoms with Gasteiger partial charge in [0.05, 0.1) is 5.60 Å². The van der Waals surface area contributed by atoms with Gasteiger partial charge in [-0.05, 0) is 25.7 Å². The summed E-state index contributed by atoms with van der Waals surface area (Å²) in [4.78, 5) is 11.8. The van der Waals surface area contributed by atoms with E-state index in [2.05, 4.69) is 5.32 Å². The summed E-state index contributed by atoms with van der Waals surface area (Å²) in [5.74, 6) is 0.178. The van der Waals surface area contributed by atoms with Crippen LogP contribution in [0.15, 0.2) is 0 Å². The Labute approximate surface area is 97.4 Å². The molecular weight excluding hydrogens is 206 g/mol. The summed E-state index contributed by atoms with van der Waals surface area (Å²) in [6.07, 6.45) is 2.19. The zero-order valence-corrected chi connectivity index (χ0v) is 10.5. The number of amides is 1. The molecule has 1 aliphatic rings. The first-order valence-electron chi connectivity index (χ1n) is 6.08. The lowest BCUT2D eigenvalue weighted by Crippen LogP contribution is -2.45. The van der Waals surface area contributed by atoms with Gasteiger partial charge in [-0.1, -0.05) is 20.3 Å². The zero-order valence-electron chi connectivity index (χ0n) is 10.5. The molecule has 4 nitrogen and oxygen atoms in total. The van der Waals surface area contributed by atoms with Gasteiger partial charge >= 0.3 is 0 Å². The highest BCUT2D eigenvalue weighted by molar-refractivity contribution is 5.81. The lowest BCUT2D eigenvalue weighted by molar-refractivity contribution is -0.132. The van der Waals surface area contributed by atoms with Crippen LogP contribution in [0, 0.1) is 5.92 Å². The molecule has 1 saturated heterocycles. The van der Waals surface area contributed by atoms with E-state index < -0.39 is 5.60 Å². The minimum atomic E-state index is -0.813. The number of hydrogen-bond donors (Lipinski definition) is 2. The standard InChI is InChI=1S/C12H23NO3/c1-4-6-12(3,15)8-13-11(14)10-9(2)5-7-16-10/h9-10,15H,4-8H2,1-3H3,(H,13,14). The molecule has 1 rings (SSSR count). The van der Waals surface area contributed by atoms with Crippen molar-refractivity contribution in [3.05, 3.63) is 0 Å². The van der Waals surface area contributed by atoms with Crippen molar-refractivity contribution >= 4 is 5.91 Å². The maximum atomic E-state index is 11.8. The van der Waals surface area contributed by atoms with E-state index in [4.69, 9.17) is 4.74 Å². The Bertz CT molecular complexity index is 240. The molecule has 0 radical (unpaired) electrons. The van der Waals surface area contributed by atoms with E-state index in [9.17, 15) is 9.90 Å². The van der Waals surface area contributed by atoms with Crippen molar-refractivity contribution < 1.29 is 14.6 Å². The second kappa shape index (κ2) is 5.64. The summed E-state index contributed by atoms with van der Waals surface area (Å²) in [6.45, 7) is 6.73. The highest BCUT2D eigenvalue weighted by Gasteiger charge is 2.31. The maximum absolute atomic E-state index is 11.8. The molecule has 3 atom stereocenters. The first kappa shape index (κ1) is 13.5. The third kappa shape index (κ3) is 3.76. The van der Waals surface area contributed by atoms with Crippen LogP contribution in [0.25, 0.3) is 0 Å². The largest absolute Gasteiger partial charge is 0.388 e. The van der Waals surface area contributed by atoms with Crippen LogP contribution >= 0.6 is 0 Å². The molecular formula is C12H23NO3. The van der Waals surface area contributed by atoms with Gasteiger partial charge < -0.3 is 15.2 Å². The topological polar surface area (TPSA) is 58.6 Å². The van der Waals surface area contributed by atoms with Crippen LogP contribution in [0.2, 0.25) is 0 Å². The number of carbonyl (C=O) groups excluding carboxylic acids is 1. The van der Waals surface area contributed by atoms with E-state index >= 15 is 0 Å². The maximum Gasteiger partial charge on any atom is 0.249 e. The van der Waals surface area contributed by atoms with Crippen LogP contribution in [0.4, 0.5) is 0 Å². The van der Waals surface area contributed by atoms with Gasteiger partial charge in [-0.15, -0.1) is 0 Å². The normalized spacial score (nSPS) is 28.8. The van der Waals surface area contributed by atoms with Crippen molar-refractivity contribution in [2.24, 2.45) is 5.92 Å². The first-order valence-corrected chi connectivity index (χ1v) is 6.08. The fourth-order valence-electron chi connectivity index (χ4n) is 2.04. The molecule has 16 heavy (non-hydrogen) atoms. The Hall–Kier alpha value is -0.610. The second-order valence-corrected chi connectivity index (χ2v) is 5.02. The number of carbonyl (C=O) groups is 1. The van der Waals surface area contributed by atoms with Crippen LogP contribution in [0.3, 0.4) is 0 Å². The number of rotatable bonds is 5. The number of aliphatic hydroxyl groups is 1. The van der Waals surface area contributed by atoms with E-state index in [1.165, 1.54) is 0 Å². The van der Waals surface area contributed by atoms with Crippen molar-refractivity contribution in [1.82, 2.24) is 5.32 Å². The average Bonchev–Trinajstić information content (AvgIpc) is 2.61. The quantitative estimate of drug-likeness (QED) is 0.741. The Morgan fingerprint density at radius 1 is 1.62 bits per heavy atom. The number of hydrogen-bond acceptors (Lipinski definition) is 3. The third-order valence-corrected chi connectivity index (χ3v) is 3.08. The number of ether oxygens (including phenoxy) is 1. The van der Waals surface area contributed by atoms with E-state index in [1.54, 1.807) is 6.92 Å². The molecule has 2 N–H and O–H groups in total. The molecule has 0 bridgehead atoms. The minimum Gasteiger partial charge on any atom is -0.388 e. The highest BCUT2D eigenvalue weighted by atomic mass is 16.5. The van der Waals surface area contributed by atoms with Crippen LogP contribution in [-0.2, 0) is 9.53 Å². The van der Waals surface area contributed by atoms with Gasteiger partial charge in [-0.25, -0.2) is 0 Å². The molecule has 0 spiro atoms. The Morgan fingerprint density at radius 2 is 2.31 bits per heavy atom. The summed E-state index contributed by atoms with van der Waals surface area (Å²) >= 11 is 0. The average molecular weight is 229 g/mol. The molecule has 1 aliphatic heterocycles. The molecule has 1 fully saturated rings. The molecule has 0 aromatic heterocycles. The summed E-state index contributed by atoms with van der Waals surface area (Å²) < 4.78 is 5.36. The van der Waals surface area contributed by atoms with Gasteiger partial charge in [0.25, 0.3) is 0 Å². The lowest BCUT2D eigenvalue weighted by Gasteiger charge is -2.24. The van der Waals surface area contributed by atoms with Crippen molar-refractivity contribution in [2.45, 2.75) is 51.7 Å². The van der Waals surface area contributed by atoms with Gasteiger partial charge in [0.15, 0.2) is 0 Å². The molecule has 1 amide bonds. The van der Waals surface area contributed by atoms with Gasteiger partial charge in [0.1, 0.15) is 6.10 Å². The van der Waals surface area contributed by atoms with Crippen LogP contribution in [-0.4, -0.2) is 35.9 Å². The highest BCUT2D eigenvalue weighted by Crippen LogP contribution is 2.20. The summed E-state index contributed by atoms with van der Waals surface area (Å²) in [7, 11) is 0. The fraction of sp³-hybridized carbons (Fsp3) is 0.917. The number of nitrogens with one attached hydrogen (secondary N) is 1. The Balaban J connectivity index is 2.34. The zero-order chi connectivity index (χ0) is 12.2. The van der Waals surface area contributed by atoms with Crippen molar-refractivity contribution in [1.29, 1.82) is 0 Å². The van der Waals surface area contributed by atoms with Gasteiger partial charge in [-0.2, -0.15) is 0 Å². The van der Waals surface area contributed by atoms with Gasteiger partial charge in [-0.3, -0.25) is 4.79 Å². The monoisotopic (exact) mass is 229 g/mol. The van der Waals surface area contributed by atoms with E-state index in [-0.39, 0.29) is 17.9 Å². The molecule has 4 heteroatoms. The predicted molar refractivity (Wildman–Crippen MR) is 62.1 cm³/mol. The third-order valence-electron chi connectivity index (χ3n) is 3.08. The minimum absolute atomic E-state index is 0.0959. The van der Waals surface area contributed by atoms with Crippen molar-refractivity contribution in [3.63, 3.8) is 0 Å².